The second-order valence-corrected chi connectivity index (χ2v) is 5.03. The van der Waals surface area contributed by atoms with Crippen LogP contribution < -0.4 is 0 Å². The Kier molecular flexibility index (Phi) is 3.52. The Morgan fingerprint density at radius 3 is 2.59 bits per heavy atom. The van der Waals surface area contributed by atoms with Gasteiger partial charge in [0.15, 0.2) is 0 Å². The van der Waals surface area contributed by atoms with Crippen LogP contribution in [-0.2, 0) is 0 Å². The van der Waals surface area contributed by atoms with Crippen LogP contribution in [0.2, 0.25) is 0 Å². The third-order valence-corrected chi connectivity index (χ3v) is 3.52. The van der Waals surface area contributed by atoms with E-state index >= 15 is 0 Å². The lowest BCUT2D eigenvalue weighted by Gasteiger charge is -2.39. The van der Waals surface area contributed by atoms with Gasteiger partial charge in [-0.15, -0.1) is 0 Å². The molecule has 2 heterocycles. The minimum absolute atomic E-state index is 0.0850. The van der Waals surface area contributed by atoms with Crippen molar-refractivity contribution in [3.05, 3.63) is 24.3 Å². The Bertz CT molecular complexity index is 383. The van der Waals surface area contributed by atoms with Crippen molar-refractivity contribution in [1.29, 1.82) is 0 Å². The lowest BCUT2D eigenvalue weighted by molar-refractivity contribution is 0.0574. The van der Waals surface area contributed by atoms with Gasteiger partial charge in [-0.05, 0) is 45.8 Å². The maximum Gasteiger partial charge on any atom is 0.200 e. The summed E-state index contributed by atoms with van der Waals surface area (Å²) in [5, 5.41) is 0. The van der Waals surface area contributed by atoms with Gasteiger partial charge in [0.1, 0.15) is 12.0 Å². The second kappa shape index (κ2) is 4.92. The first-order valence-corrected chi connectivity index (χ1v) is 6.18. The maximum absolute atomic E-state index is 12.4. The fourth-order valence-electron chi connectivity index (χ4n) is 2.33. The zero-order valence-electron chi connectivity index (χ0n) is 10.5. The first kappa shape index (κ1) is 12.2. The summed E-state index contributed by atoms with van der Waals surface area (Å²) in [6, 6.07) is 1.69. The predicted molar refractivity (Wildman–Crippen MR) is 65.9 cm³/mol. The van der Waals surface area contributed by atoms with E-state index in [0.717, 1.165) is 13.1 Å². The van der Waals surface area contributed by atoms with Crippen LogP contribution in [-0.4, -0.2) is 39.3 Å². The number of piperidine rings is 1. The number of Topliss-reactive ketones (excluding diaryl/α,β-unsaturated/α-hetero) is 1. The number of hydrogen-bond donors (Lipinski definition) is 0. The molecule has 1 aliphatic rings. The Hall–Kier alpha value is -1.29. The molecule has 2 rings (SSSR count). The second-order valence-electron chi connectivity index (χ2n) is 5.03. The van der Waals surface area contributed by atoms with E-state index in [1.54, 1.807) is 12.3 Å². The van der Waals surface area contributed by atoms with Crippen molar-refractivity contribution >= 4 is 5.78 Å². The molecular weight excluding hydrogens is 214 g/mol. The van der Waals surface area contributed by atoms with Crippen molar-refractivity contribution in [2.75, 3.05) is 13.1 Å². The van der Waals surface area contributed by atoms with Crippen LogP contribution in [0.3, 0.4) is 0 Å². The van der Waals surface area contributed by atoms with Crippen LogP contribution in [0.4, 0.5) is 0 Å². The number of hydrogen-bond acceptors (Lipinski definition) is 4. The minimum Gasteiger partial charge on any atom is -0.291 e. The zero-order chi connectivity index (χ0) is 12.3. The van der Waals surface area contributed by atoms with E-state index in [-0.39, 0.29) is 5.78 Å². The topological polar surface area (TPSA) is 46.1 Å². The number of aromatic nitrogens is 2. The van der Waals surface area contributed by atoms with Gasteiger partial charge in [-0.1, -0.05) is 6.42 Å². The molecule has 4 nitrogen and oxygen atoms in total. The molecule has 1 saturated heterocycles. The van der Waals surface area contributed by atoms with E-state index in [4.69, 9.17) is 0 Å². The van der Waals surface area contributed by atoms with Crippen molar-refractivity contribution in [3.63, 3.8) is 0 Å². The first-order chi connectivity index (χ1) is 8.12. The minimum atomic E-state index is -0.464. The van der Waals surface area contributed by atoms with Gasteiger partial charge < -0.3 is 0 Å². The molecule has 1 aromatic heterocycles. The van der Waals surface area contributed by atoms with Gasteiger partial charge in [0.25, 0.3) is 0 Å². The molecule has 17 heavy (non-hydrogen) atoms. The fourth-order valence-corrected chi connectivity index (χ4v) is 2.33. The SMILES string of the molecule is CC(C)(C(=O)c1ccncn1)N1CCCCC1. The van der Waals surface area contributed by atoms with E-state index < -0.39 is 5.54 Å². The lowest BCUT2D eigenvalue weighted by Crippen LogP contribution is -2.52. The van der Waals surface area contributed by atoms with Crippen LogP contribution in [0.5, 0.6) is 0 Å². The monoisotopic (exact) mass is 233 g/mol. The summed E-state index contributed by atoms with van der Waals surface area (Å²) in [6.45, 7) is 5.99. The van der Waals surface area contributed by atoms with Gasteiger partial charge >= 0.3 is 0 Å². The summed E-state index contributed by atoms with van der Waals surface area (Å²) in [4.78, 5) is 22.6. The highest BCUT2D eigenvalue weighted by atomic mass is 16.1. The molecular formula is C13H19N3O. The van der Waals surface area contributed by atoms with E-state index in [1.807, 2.05) is 13.8 Å². The third-order valence-electron chi connectivity index (χ3n) is 3.52. The zero-order valence-corrected chi connectivity index (χ0v) is 10.5. The van der Waals surface area contributed by atoms with Gasteiger partial charge in [0.2, 0.25) is 5.78 Å². The molecule has 0 aliphatic carbocycles. The van der Waals surface area contributed by atoms with Gasteiger partial charge in [-0.25, -0.2) is 9.97 Å². The molecule has 0 amide bonds. The molecule has 0 unspecified atom stereocenters. The Labute approximate surface area is 102 Å². The molecule has 1 aromatic rings. The summed E-state index contributed by atoms with van der Waals surface area (Å²) in [5.41, 5.74) is 0.0463. The van der Waals surface area contributed by atoms with Gasteiger partial charge in [0, 0.05) is 6.20 Å². The quantitative estimate of drug-likeness (QED) is 0.748. The van der Waals surface area contributed by atoms with Crippen LogP contribution >= 0.6 is 0 Å². The van der Waals surface area contributed by atoms with E-state index in [9.17, 15) is 4.79 Å². The van der Waals surface area contributed by atoms with E-state index in [1.165, 1.54) is 25.6 Å². The average Bonchev–Trinajstić information content (AvgIpc) is 2.40. The standard InChI is InChI=1S/C13H19N3O/c1-13(2,16-8-4-3-5-9-16)12(17)11-6-7-14-10-15-11/h6-7,10H,3-5,8-9H2,1-2H3. The number of likely N-dealkylation sites (tertiary alicyclic amines) is 1. The molecule has 1 aliphatic heterocycles. The molecule has 0 radical (unpaired) electrons. The molecule has 0 N–H and O–H groups in total. The molecule has 0 atom stereocenters. The van der Waals surface area contributed by atoms with Crippen LogP contribution in [0, 0.1) is 0 Å². The summed E-state index contributed by atoms with van der Waals surface area (Å²) in [6.07, 6.45) is 6.68. The van der Waals surface area contributed by atoms with Crippen molar-refractivity contribution in [2.45, 2.75) is 38.6 Å². The molecule has 0 aromatic carbocycles. The molecule has 0 bridgehead atoms. The number of ketones is 1. The van der Waals surface area contributed by atoms with Crippen LogP contribution in [0.15, 0.2) is 18.6 Å². The molecule has 0 spiro atoms. The number of rotatable bonds is 3. The fraction of sp³-hybridized carbons (Fsp3) is 0.615. The number of carbonyl (C=O) groups excluding carboxylic acids is 1. The maximum atomic E-state index is 12.4. The third kappa shape index (κ3) is 2.52. The highest BCUT2D eigenvalue weighted by Gasteiger charge is 2.36. The van der Waals surface area contributed by atoms with Crippen LogP contribution in [0.25, 0.3) is 0 Å². The van der Waals surface area contributed by atoms with Gasteiger partial charge in [0.05, 0.1) is 5.54 Å². The largest absolute Gasteiger partial charge is 0.291 e. The van der Waals surface area contributed by atoms with Gasteiger partial charge in [-0.2, -0.15) is 0 Å². The van der Waals surface area contributed by atoms with E-state index in [0.29, 0.717) is 5.69 Å². The summed E-state index contributed by atoms with van der Waals surface area (Å²) < 4.78 is 0. The van der Waals surface area contributed by atoms with Crippen molar-refractivity contribution in [2.24, 2.45) is 0 Å². The Morgan fingerprint density at radius 1 is 1.29 bits per heavy atom. The van der Waals surface area contributed by atoms with Crippen molar-refractivity contribution in [3.8, 4) is 0 Å². The summed E-state index contributed by atoms with van der Waals surface area (Å²) in [7, 11) is 0. The average molecular weight is 233 g/mol. The summed E-state index contributed by atoms with van der Waals surface area (Å²) >= 11 is 0. The smallest absolute Gasteiger partial charge is 0.200 e. The normalized spacial score (nSPS) is 18.0. The Balaban J connectivity index is 2.17. The number of nitrogens with zero attached hydrogens (tertiary/aromatic N) is 3. The lowest BCUT2D eigenvalue weighted by atomic mass is 9.92. The molecule has 4 heteroatoms. The Morgan fingerprint density at radius 2 is 2.00 bits per heavy atom. The highest BCUT2D eigenvalue weighted by molar-refractivity contribution is 6.01. The van der Waals surface area contributed by atoms with Gasteiger partial charge in [-0.3, -0.25) is 9.69 Å². The predicted octanol–water partition coefficient (Wildman–Crippen LogP) is 1.92. The molecule has 1 fully saturated rings. The first-order valence-electron chi connectivity index (χ1n) is 6.18. The highest BCUT2D eigenvalue weighted by Crippen LogP contribution is 2.23. The van der Waals surface area contributed by atoms with Crippen molar-refractivity contribution < 1.29 is 4.79 Å². The summed E-state index contributed by atoms with van der Waals surface area (Å²) in [5.74, 6) is 0.0850. The van der Waals surface area contributed by atoms with Crippen molar-refractivity contribution in [1.82, 2.24) is 14.9 Å². The molecule has 92 valence electrons. The van der Waals surface area contributed by atoms with E-state index in [2.05, 4.69) is 14.9 Å². The molecule has 0 saturated carbocycles. The number of carbonyl (C=O) groups is 1. The van der Waals surface area contributed by atoms with Crippen LogP contribution in [0.1, 0.15) is 43.6 Å².